The third-order valence-corrected chi connectivity index (χ3v) is 2.09. The zero-order valence-corrected chi connectivity index (χ0v) is 9.48. The summed E-state index contributed by atoms with van der Waals surface area (Å²) in [6.45, 7) is -0.536. The Morgan fingerprint density at radius 2 is 1.00 bits per heavy atom. The highest BCUT2D eigenvalue weighted by molar-refractivity contribution is 5.09. The highest BCUT2D eigenvalue weighted by atomic mass is 19.4. The van der Waals surface area contributed by atoms with Gasteiger partial charge in [0.05, 0.1) is 6.61 Å². The fourth-order valence-electron chi connectivity index (χ4n) is 1.14. The molecule has 0 amide bonds. The lowest BCUT2D eigenvalue weighted by Crippen LogP contribution is -2.72. The summed E-state index contributed by atoms with van der Waals surface area (Å²) >= 11 is 0. The molecule has 20 heavy (non-hydrogen) atoms. The van der Waals surface area contributed by atoms with Crippen molar-refractivity contribution >= 4 is 0 Å². The summed E-state index contributed by atoms with van der Waals surface area (Å²) in [5, 5.41) is 0. The van der Waals surface area contributed by atoms with Crippen molar-refractivity contribution in [2.75, 3.05) is 6.61 Å². The molecule has 1 nitrogen and oxygen atoms in total. The first-order chi connectivity index (χ1) is 8.56. The average molecular weight is 328 g/mol. The maximum Gasteiger partial charge on any atom is 0.452 e. The number of hydrogen-bond acceptors (Lipinski definition) is 1. The lowest BCUT2D eigenvalue weighted by atomic mass is 9.93. The molecule has 0 aromatic heterocycles. The Morgan fingerprint density at radius 3 is 1.20 bits per heavy atom. The number of alkyl halides is 11. The minimum Gasteiger partial charge on any atom is -0.336 e. The molecule has 0 radical (unpaired) electrons. The normalized spacial score (nSPS) is 18.0. The summed E-state index contributed by atoms with van der Waals surface area (Å²) in [7, 11) is 0. The summed E-state index contributed by atoms with van der Waals surface area (Å²) < 4.78 is 139. The predicted molar refractivity (Wildman–Crippen MR) is 42.1 cm³/mol. The summed E-state index contributed by atoms with van der Waals surface area (Å²) in [6.07, 6.45) is -21.9. The molecule has 0 aromatic carbocycles. The summed E-state index contributed by atoms with van der Waals surface area (Å²) in [4.78, 5) is 0. The van der Waals surface area contributed by atoms with Gasteiger partial charge in [0.25, 0.3) is 0 Å². The second-order valence-corrected chi connectivity index (χ2v) is 3.60. The molecule has 0 fully saturated rings. The second kappa shape index (κ2) is 5.19. The molecule has 0 saturated carbocycles. The van der Waals surface area contributed by atoms with E-state index in [4.69, 9.17) is 0 Å². The topological polar surface area (TPSA) is 9.23 Å². The minimum absolute atomic E-state index is 0.576. The molecule has 0 spiro atoms. The zero-order chi connectivity index (χ0) is 16.6. The highest BCUT2D eigenvalue weighted by Gasteiger charge is 2.90. The molecule has 0 aliphatic carbocycles. The molecule has 122 valence electrons. The van der Waals surface area contributed by atoms with Crippen LogP contribution < -0.4 is 0 Å². The Hall–Kier alpha value is -0.810. The maximum absolute atomic E-state index is 13.4. The smallest absolute Gasteiger partial charge is 0.336 e. The molecule has 0 saturated heterocycles. The van der Waals surface area contributed by atoms with Gasteiger partial charge in [0, 0.05) is 0 Å². The van der Waals surface area contributed by atoms with Gasteiger partial charge in [0.15, 0.2) is 0 Å². The lowest BCUT2D eigenvalue weighted by Gasteiger charge is -2.41. The van der Waals surface area contributed by atoms with Crippen molar-refractivity contribution < 1.29 is 53.0 Å². The van der Waals surface area contributed by atoms with Gasteiger partial charge in [0.1, 0.15) is 0 Å². The van der Waals surface area contributed by atoms with Gasteiger partial charge in [0.2, 0.25) is 0 Å². The van der Waals surface area contributed by atoms with E-state index in [0.29, 0.717) is 0 Å². The van der Waals surface area contributed by atoms with Gasteiger partial charge < -0.3 is 4.74 Å². The predicted octanol–water partition coefficient (Wildman–Crippen LogP) is 4.47. The molecule has 0 N–H and O–H groups in total. The van der Waals surface area contributed by atoms with Crippen molar-refractivity contribution in [3.05, 3.63) is 0 Å². The first-order valence-corrected chi connectivity index (χ1v) is 4.78. The van der Waals surface area contributed by atoms with Gasteiger partial charge in [-0.15, -0.1) is 0 Å². The van der Waals surface area contributed by atoms with Gasteiger partial charge in [-0.2, -0.15) is 43.9 Å². The van der Waals surface area contributed by atoms with Gasteiger partial charge in [-0.1, -0.05) is 6.92 Å². The molecule has 1 atom stereocenters. The summed E-state index contributed by atoms with van der Waals surface area (Å²) in [5.74, 6) is -6.60. The second-order valence-electron chi connectivity index (χ2n) is 3.60. The van der Waals surface area contributed by atoms with Gasteiger partial charge in [-0.05, 0) is 6.42 Å². The van der Waals surface area contributed by atoms with Crippen molar-refractivity contribution in [3.8, 4) is 0 Å². The maximum atomic E-state index is 13.4. The molecule has 0 heterocycles. The van der Waals surface area contributed by atoms with Crippen LogP contribution in [0, 0.1) is 0 Å². The van der Waals surface area contributed by atoms with E-state index in [1.54, 1.807) is 0 Å². The van der Waals surface area contributed by atoms with E-state index in [1.807, 2.05) is 0 Å². The molecule has 0 aliphatic heterocycles. The Balaban J connectivity index is 6.20. The van der Waals surface area contributed by atoms with E-state index in [2.05, 4.69) is 4.74 Å². The van der Waals surface area contributed by atoms with Crippen LogP contribution in [-0.2, 0) is 4.74 Å². The fourth-order valence-corrected chi connectivity index (χ4v) is 1.14. The molecule has 12 heteroatoms. The van der Waals surface area contributed by atoms with E-state index in [0.717, 1.165) is 6.92 Å². The lowest BCUT2D eigenvalue weighted by molar-refractivity contribution is -0.469. The van der Waals surface area contributed by atoms with Crippen molar-refractivity contribution in [1.82, 2.24) is 0 Å². The van der Waals surface area contributed by atoms with Crippen LogP contribution in [0.3, 0.4) is 0 Å². The highest BCUT2D eigenvalue weighted by Crippen LogP contribution is 2.59. The standard InChI is InChI=1S/C8H7F11O/c1-2-3-20-5(10,8(17,18)19)4(9,6(11,12)13)7(14,15)16/h2-3H2,1H3. The van der Waals surface area contributed by atoms with Gasteiger partial charge >= 0.3 is 30.1 Å². The molecule has 0 aromatic rings. The molecular weight excluding hydrogens is 321 g/mol. The van der Waals surface area contributed by atoms with Gasteiger partial charge in [-0.25, -0.2) is 4.39 Å². The first kappa shape index (κ1) is 19.2. The van der Waals surface area contributed by atoms with Crippen molar-refractivity contribution in [2.45, 2.75) is 43.4 Å². The third-order valence-electron chi connectivity index (χ3n) is 2.09. The fraction of sp³-hybridized carbons (Fsp3) is 1.00. The zero-order valence-electron chi connectivity index (χ0n) is 9.48. The Labute approximate surface area is 104 Å². The van der Waals surface area contributed by atoms with Crippen LogP contribution in [0.1, 0.15) is 13.3 Å². The molecule has 1 unspecified atom stereocenters. The van der Waals surface area contributed by atoms with Gasteiger partial charge in [-0.3, -0.25) is 0 Å². The van der Waals surface area contributed by atoms with Crippen LogP contribution in [-0.4, -0.2) is 36.7 Å². The van der Waals surface area contributed by atoms with Crippen LogP contribution in [0.4, 0.5) is 48.3 Å². The monoisotopic (exact) mass is 328 g/mol. The largest absolute Gasteiger partial charge is 0.452 e. The van der Waals surface area contributed by atoms with Crippen molar-refractivity contribution in [2.24, 2.45) is 0 Å². The summed E-state index contributed by atoms with van der Waals surface area (Å²) in [6, 6.07) is 0. The Kier molecular flexibility index (Phi) is 4.98. The Morgan fingerprint density at radius 1 is 0.650 bits per heavy atom. The summed E-state index contributed by atoms with van der Waals surface area (Å²) in [5.41, 5.74) is -7.25. The third kappa shape index (κ3) is 2.79. The van der Waals surface area contributed by atoms with Crippen LogP contribution in [0.5, 0.6) is 0 Å². The quantitative estimate of drug-likeness (QED) is 0.692. The van der Waals surface area contributed by atoms with Crippen LogP contribution in [0.25, 0.3) is 0 Å². The average Bonchev–Trinajstić information content (AvgIpc) is 2.19. The number of rotatable bonds is 4. The van der Waals surface area contributed by atoms with Crippen LogP contribution in [0.2, 0.25) is 0 Å². The number of hydrogen-bond donors (Lipinski definition) is 0. The van der Waals surface area contributed by atoms with Crippen molar-refractivity contribution in [1.29, 1.82) is 0 Å². The Bertz CT molecular complexity index is 313. The first-order valence-electron chi connectivity index (χ1n) is 4.78. The molecule has 0 aliphatic rings. The van der Waals surface area contributed by atoms with E-state index >= 15 is 0 Å². The van der Waals surface area contributed by atoms with Crippen LogP contribution >= 0.6 is 0 Å². The molecule has 0 bridgehead atoms. The van der Waals surface area contributed by atoms with E-state index in [9.17, 15) is 48.3 Å². The number of halogens is 11. The SMILES string of the molecule is CCCOC(F)(C(F)(F)F)C(F)(C(F)(F)F)C(F)(F)F. The van der Waals surface area contributed by atoms with Crippen LogP contribution in [0.15, 0.2) is 0 Å². The molecule has 0 rings (SSSR count). The number of ether oxygens (including phenoxy) is 1. The van der Waals surface area contributed by atoms with E-state index in [1.165, 1.54) is 0 Å². The van der Waals surface area contributed by atoms with Crippen molar-refractivity contribution in [3.63, 3.8) is 0 Å². The van der Waals surface area contributed by atoms with E-state index < -0.39 is 43.1 Å². The van der Waals surface area contributed by atoms with E-state index in [-0.39, 0.29) is 0 Å². The molecular formula is C8H7F11O. The minimum atomic E-state index is -7.25.